The first kappa shape index (κ1) is 85.0. The molecule has 0 saturated carbocycles. The second-order valence-corrected chi connectivity index (χ2v) is 26.3. The molecule has 0 saturated heterocycles. The van der Waals surface area contributed by atoms with Crippen molar-refractivity contribution in [2.75, 3.05) is 74.2 Å². The molecule has 0 radical (unpaired) electrons. The number of carbonyl (C=O) groups excluding carboxylic acids is 10. The number of hydrogen-bond donors (Lipinski definition) is 4. The Labute approximate surface area is 586 Å². The van der Waals surface area contributed by atoms with Gasteiger partial charge in [0.05, 0.1) is 71.8 Å². The van der Waals surface area contributed by atoms with E-state index in [0.717, 1.165) is 33.4 Å². The van der Waals surface area contributed by atoms with E-state index in [2.05, 4.69) is 0 Å². The smallest absolute Gasteiger partial charge is 0.311 e. The Morgan fingerprint density at radius 3 is 0.670 bits per heavy atom. The molecule has 0 amide bonds. The van der Waals surface area contributed by atoms with Crippen molar-refractivity contribution >= 4 is 58.2 Å². The topological polar surface area (TPSA) is 316 Å². The van der Waals surface area contributed by atoms with E-state index in [9.17, 15) is 58.2 Å². The van der Waals surface area contributed by atoms with Crippen molar-refractivity contribution in [2.24, 2.45) is 32.5 Å². The molecule has 0 fully saturated rings. The number of hydrogen-bond acceptors (Lipinski definition) is 21. The van der Waals surface area contributed by atoms with Gasteiger partial charge in [-0.25, -0.2) is 0 Å². The molecule has 0 aliphatic carbocycles. The molecular formula is C79H98O21. The Bertz CT molecular complexity index is 3550. The minimum atomic E-state index is -1.68. The fourth-order valence-corrected chi connectivity index (χ4v) is 10.1. The molecule has 0 aliphatic heterocycles. The van der Waals surface area contributed by atoms with Crippen LogP contribution >= 0.6 is 0 Å². The Hall–Kier alpha value is -9.22. The molecule has 100 heavy (non-hydrogen) atoms. The van der Waals surface area contributed by atoms with Gasteiger partial charge in [-0.3, -0.25) is 47.9 Å². The first-order chi connectivity index (χ1) is 46.9. The van der Waals surface area contributed by atoms with Crippen LogP contribution in [0.1, 0.15) is 130 Å². The Kier molecular flexibility index (Phi) is 31.7. The van der Waals surface area contributed by atoms with Crippen molar-refractivity contribution in [3.05, 3.63) is 197 Å². The molecule has 0 atom stereocenters. The quantitative estimate of drug-likeness (QED) is 0.0179. The number of ether oxygens (including phenoxy) is 7. The molecular weight excluding hydrogens is 1280 g/mol. The number of benzene rings is 6. The second-order valence-electron chi connectivity index (χ2n) is 26.3. The molecule has 0 heterocycles. The van der Waals surface area contributed by atoms with Gasteiger partial charge in [0.15, 0.2) is 0 Å². The van der Waals surface area contributed by atoms with Gasteiger partial charge in [-0.05, 0) is 167 Å². The van der Waals surface area contributed by atoms with Crippen molar-refractivity contribution in [1.29, 1.82) is 0 Å². The third-order valence-electron chi connectivity index (χ3n) is 17.7. The summed E-state index contributed by atoms with van der Waals surface area (Å²) in [5, 5.41) is 36.7. The lowest BCUT2D eigenvalue weighted by Gasteiger charge is -2.39. The van der Waals surface area contributed by atoms with Gasteiger partial charge in [-0.1, -0.05) is 127 Å². The average molecular weight is 1380 g/mol. The highest BCUT2D eigenvalue weighted by Gasteiger charge is 2.49. The van der Waals surface area contributed by atoms with Gasteiger partial charge >= 0.3 is 11.9 Å². The average Bonchev–Trinajstić information content (AvgIpc) is 0.754. The number of ketones is 8. The first-order valence-corrected chi connectivity index (χ1v) is 32.1. The highest BCUT2D eigenvalue weighted by molar-refractivity contribution is 6.07. The number of esters is 2. The maximum atomic E-state index is 13.1. The summed E-state index contributed by atoms with van der Waals surface area (Å²) in [5.74, 6) is -2.77. The van der Waals surface area contributed by atoms with Crippen LogP contribution in [0.4, 0.5) is 0 Å². The molecule has 0 aliphatic rings. The molecule has 0 bridgehead atoms. The van der Waals surface area contributed by atoms with Crippen molar-refractivity contribution in [3.8, 4) is 17.2 Å². The van der Waals surface area contributed by atoms with E-state index in [-0.39, 0.29) is 13.2 Å². The predicted molar refractivity (Wildman–Crippen MR) is 374 cm³/mol. The Morgan fingerprint density at radius 1 is 0.280 bits per heavy atom. The van der Waals surface area contributed by atoms with Crippen LogP contribution < -0.4 is 14.2 Å². The fourth-order valence-electron chi connectivity index (χ4n) is 10.1. The molecule has 0 unspecified atom stereocenters. The van der Waals surface area contributed by atoms with E-state index in [4.69, 9.17) is 43.4 Å². The van der Waals surface area contributed by atoms with E-state index < -0.39 is 142 Å². The molecule has 4 N–H and O–H groups in total. The van der Waals surface area contributed by atoms with Gasteiger partial charge in [0.25, 0.3) is 0 Å². The first-order valence-electron chi connectivity index (χ1n) is 32.1. The minimum Gasteiger partial charge on any atom is -0.497 e. The molecule has 6 rings (SSSR count). The summed E-state index contributed by atoms with van der Waals surface area (Å²) in [6, 6.07) is 51.2. The zero-order valence-corrected chi connectivity index (χ0v) is 60.5. The van der Waals surface area contributed by atoms with Crippen molar-refractivity contribution in [1.82, 2.24) is 0 Å². The summed E-state index contributed by atoms with van der Waals surface area (Å²) in [4.78, 5) is 120. The zero-order chi connectivity index (χ0) is 75.7. The van der Waals surface area contributed by atoms with Crippen molar-refractivity contribution < 1.29 is 102 Å². The van der Waals surface area contributed by atoms with Crippen LogP contribution in [0.5, 0.6) is 17.2 Å². The van der Waals surface area contributed by atoms with Crippen LogP contribution in [0.3, 0.4) is 0 Å². The molecule has 540 valence electrons. The van der Waals surface area contributed by atoms with Crippen LogP contribution in [0.2, 0.25) is 0 Å². The number of aliphatic hydroxyl groups excluding tert-OH is 4. The van der Waals surface area contributed by atoms with E-state index in [1.54, 1.807) is 62.9 Å². The largest absolute Gasteiger partial charge is 0.497 e. The van der Waals surface area contributed by atoms with Crippen LogP contribution in [0, 0.1) is 32.5 Å². The van der Waals surface area contributed by atoms with E-state index in [1.807, 2.05) is 164 Å². The van der Waals surface area contributed by atoms with Crippen molar-refractivity contribution in [3.63, 3.8) is 0 Å². The lowest BCUT2D eigenvalue weighted by molar-refractivity contribution is -0.166. The second kappa shape index (κ2) is 37.3. The fraction of sp³-hybridized carbons (Fsp3) is 0.418. The van der Waals surface area contributed by atoms with Crippen LogP contribution in [0.15, 0.2) is 164 Å². The van der Waals surface area contributed by atoms with Crippen LogP contribution in [-0.4, -0.2) is 153 Å². The monoisotopic (exact) mass is 1380 g/mol. The Balaban J connectivity index is 0.000000381. The lowest BCUT2D eigenvalue weighted by atomic mass is 9.78. The number of aliphatic hydroxyl groups is 4. The molecule has 21 nitrogen and oxygen atoms in total. The summed E-state index contributed by atoms with van der Waals surface area (Å²) in [6.45, 7) is 16.2. The van der Waals surface area contributed by atoms with Crippen LogP contribution in [0.25, 0.3) is 0 Å². The third kappa shape index (κ3) is 20.0. The van der Waals surface area contributed by atoms with Gasteiger partial charge in [0.2, 0.25) is 0 Å². The normalized spacial score (nSPS) is 11.8. The maximum Gasteiger partial charge on any atom is 0.311 e. The minimum absolute atomic E-state index is 0.301. The van der Waals surface area contributed by atoms with E-state index >= 15 is 0 Å². The van der Waals surface area contributed by atoms with E-state index in [0.29, 0.717) is 17.2 Å². The van der Waals surface area contributed by atoms with Gasteiger partial charge in [0, 0.05) is 0 Å². The van der Waals surface area contributed by atoms with Gasteiger partial charge in [-0.2, -0.15) is 0 Å². The van der Waals surface area contributed by atoms with Gasteiger partial charge in [0.1, 0.15) is 110 Å². The molecule has 6 aromatic carbocycles. The third-order valence-corrected chi connectivity index (χ3v) is 17.7. The summed E-state index contributed by atoms with van der Waals surface area (Å²) in [7, 11) is 4.78. The number of carbonyl (C=O) groups is 10. The Morgan fingerprint density at radius 2 is 0.480 bits per heavy atom. The number of methoxy groups -OCH3 is 3. The highest BCUT2D eigenvalue weighted by Crippen LogP contribution is 2.45. The predicted octanol–water partition coefficient (Wildman–Crippen LogP) is 9.79. The SMILES string of the molecule is CC(=O)C(CO)(CO)C(C)=O.CC(=O)C(CO)(COC(=O)C(C)(C)C)C(C)=O.COc1ccc(C(OCC(CO)(C(C)=O)C(C)=O)(c2ccccc2)c2ccc(OC)cc2)cc1.COc1ccc(C(OCC(COC(=O)C(C)(C)C)(C(C)=O)C(C)=O)(c2ccccc2)c2ccccc2)cc1. The highest BCUT2D eigenvalue weighted by atomic mass is 16.5. The zero-order valence-electron chi connectivity index (χ0n) is 60.5. The number of rotatable bonds is 31. The van der Waals surface area contributed by atoms with Gasteiger partial charge < -0.3 is 53.6 Å². The molecule has 21 heteroatoms. The van der Waals surface area contributed by atoms with Crippen molar-refractivity contribution in [2.45, 2.75) is 108 Å². The maximum absolute atomic E-state index is 13.1. The van der Waals surface area contributed by atoms with E-state index in [1.165, 1.54) is 55.4 Å². The lowest BCUT2D eigenvalue weighted by Crippen LogP contribution is -2.49. The summed E-state index contributed by atoms with van der Waals surface area (Å²) >= 11 is 0. The molecule has 0 spiro atoms. The summed E-state index contributed by atoms with van der Waals surface area (Å²) in [5.41, 5.74) is -5.70. The summed E-state index contributed by atoms with van der Waals surface area (Å²) < 4.78 is 39.9. The number of Topliss-reactive ketones (excluding diaryl/α,β-unsaturated/α-hetero) is 8. The summed E-state index contributed by atoms with van der Waals surface area (Å²) in [6.07, 6.45) is 0. The van der Waals surface area contributed by atoms with Gasteiger partial charge in [-0.15, -0.1) is 0 Å². The van der Waals surface area contributed by atoms with Crippen LogP contribution in [-0.2, 0) is 78.1 Å². The molecule has 0 aromatic heterocycles. The standard InChI is InChI=1S/C32H36O6.C28H30O6.C12H20O5.C7H12O4/c1-23(33)31(24(2)34,21-37-29(35)30(3,4)5)22-38-32(25-13-9-7-10-14-25,26-15-11-8-12-16-26)27-17-19-28(36-6)20-18-27;1-20(30)27(18-29,21(2)31)19-34-28(22-8-6-5-7-9-22,23-10-14-25(32-3)15-11-23)24-12-16-26(33-4)17-13-24;1-8(14)12(6-13,9(2)15)7-17-10(16)11(3,4)5;1-5(10)7(3-8,4-9)6(2)11/h7-20H,21-22H2,1-6H3;5-17,29H,18-19H2,1-4H3;13H,6-7H2,1-5H3;8-9H,3-4H2,1-2H3. The molecule has 6 aromatic rings.